The van der Waals surface area contributed by atoms with E-state index < -0.39 is 0 Å². The Morgan fingerprint density at radius 2 is 1.87 bits per heavy atom. The topological polar surface area (TPSA) is 63.2 Å². The first-order valence-electron chi connectivity index (χ1n) is 9.98. The zero-order chi connectivity index (χ0) is 21.1. The molecule has 0 bridgehead atoms. The van der Waals surface area contributed by atoms with Crippen LogP contribution in [0.3, 0.4) is 0 Å². The summed E-state index contributed by atoms with van der Waals surface area (Å²) < 4.78 is 6.00. The minimum atomic E-state index is -0.0748. The van der Waals surface area contributed by atoms with E-state index >= 15 is 0 Å². The summed E-state index contributed by atoms with van der Waals surface area (Å²) in [6.45, 7) is 0. The van der Waals surface area contributed by atoms with Crippen molar-refractivity contribution in [2.75, 3.05) is 12.4 Å². The first-order chi connectivity index (χ1) is 14.5. The first-order valence-corrected chi connectivity index (χ1v) is 11.2. The van der Waals surface area contributed by atoms with Crippen molar-refractivity contribution in [2.24, 2.45) is 0 Å². The first kappa shape index (κ1) is 20.9. The number of hydrogen-bond acceptors (Lipinski definition) is 4. The second kappa shape index (κ2) is 9.23. The summed E-state index contributed by atoms with van der Waals surface area (Å²) in [5.74, 6) is 0.594. The molecule has 1 amide bonds. The van der Waals surface area contributed by atoms with Crippen LogP contribution >= 0.6 is 27.5 Å². The van der Waals surface area contributed by atoms with Gasteiger partial charge in [-0.15, -0.1) is 0 Å². The van der Waals surface area contributed by atoms with Gasteiger partial charge in [-0.1, -0.05) is 11.6 Å². The lowest BCUT2D eigenvalue weighted by molar-refractivity contribution is 0.0925. The molecule has 4 rings (SSSR count). The molecule has 156 valence electrons. The number of aromatic nitrogens is 1. The van der Waals surface area contributed by atoms with Crippen molar-refractivity contribution < 1.29 is 9.53 Å². The zero-order valence-electron chi connectivity index (χ0n) is 16.6. The van der Waals surface area contributed by atoms with Crippen molar-refractivity contribution >= 4 is 50.0 Å². The van der Waals surface area contributed by atoms with E-state index in [9.17, 15) is 4.79 Å². The van der Waals surface area contributed by atoms with E-state index in [1.807, 2.05) is 36.4 Å². The quantitative estimate of drug-likeness (QED) is 0.475. The van der Waals surface area contributed by atoms with Crippen LogP contribution < -0.4 is 15.4 Å². The molecule has 0 saturated heterocycles. The lowest BCUT2D eigenvalue weighted by atomic mass is 9.90. The van der Waals surface area contributed by atoms with Gasteiger partial charge in [0.15, 0.2) is 0 Å². The molecule has 1 aliphatic rings. The molecule has 0 atom stereocenters. The van der Waals surface area contributed by atoms with Crippen molar-refractivity contribution in [3.63, 3.8) is 0 Å². The Hall–Kier alpha value is -2.31. The maximum Gasteiger partial charge on any atom is 0.252 e. The van der Waals surface area contributed by atoms with Crippen LogP contribution in [0.1, 0.15) is 36.0 Å². The summed E-state index contributed by atoms with van der Waals surface area (Å²) in [4.78, 5) is 17.1. The lowest BCUT2D eigenvalue weighted by Crippen LogP contribution is -2.40. The Morgan fingerprint density at radius 3 is 2.63 bits per heavy atom. The molecule has 2 N–H and O–H groups in total. The summed E-state index contributed by atoms with van der Waals surface area (Å²) in [5.41, 5.74) is 2.55. The van der Waals surface area contributed by atoms with Gasteiger partial charge in [0.2, 0.25) is 0 Å². The molecule has 7 heteroatoms. The number of ether oxygens (including phenoxy) is 1. The lowest BCUT2D eigenvalue weighted by Gasteiger charge is -2.30. The van der Waals surface area contributed by atoms with Gasteiger partial charge in [0.05, 0.1) is 18.2 Å². The maximum atomic E-state index is 12.7. The highest BCUT2D eigenvalue weighted by atomic mass is 79.9. The SMILES string of the molecule is COc1ccc(Br)c(C(=O)N[C@H]2CC[C@@H](Nc3ccnc4cc(Cl)ccc34)CC2)c1. The Balaban J connectivity index is 1.36. The average Bonchev–Trinajstić information content (AvgIpc) is 2.75. The summed E-state index contributed by atoms with van der Waals surface area (Å²) in [5, 5.41) is 8.58. The number of hydrogen-bond donors (Lipinski definition) is 2. The van der Waals surface area contributed by atoms with E-state index in [2.05, 4.69) is 31.5 Å². The molecule has 5 nitrogen and oxygen atoms in total. The number of benzene rings is 2. The Morgan fingerprint density at radius 1 is 1.10 bits per heavy atom. The summed E-state index contributed by atoms with van der Waals surface area (Å²) in [6, 6.07) is 13.7. The van der Waals surface area contributed by atoms with Crippen molar-refractivity contribution in [1.82, 2.24) is 10.3 Å². The highest BCUT2D eigenvalue weighted by Gasteiger charge is 2.24. The Labute approximate surface area is 189 Å². The van der Waals surface area contributed by atoms with E-state index in [-0.39, 0.29) is 11.9 Å². The molecule has 30 heavy (non-hydrogen) atoms. The van der Waals surface area contributed by atoms with Crippen LogP contribution in [0.2, 0.25) is 5.02 Å². The van der Waals surface area contributed by atoms with Gasteiger partial charge in [-0.3, -0.25) is 9.78 Å². The number of nitrogens with one attached hydrogen (secondary N) is 2. The smallest absolute Gasteiger partial charge is 0.252 e. The summed E-state index contributed by atoms with van der Waals surface area (Å²) >= 11 is 9.54. The molecule has 0 unspecified atom stereocenters. The van der Waals surface area contributed by atoms with Gasteiger partial charge in [0, 0.05) is 38.8 Å². The van der Waals surface area contributed by atoms with Gasteiger partial charge in [-0.05, 0) is 84.1 Å². The molecule has 3 aromatic rings. The molecule has 2 aromatic carbocycles. The maximum absolute atomic E-state index is 12.7. The second-order valence-corrected chi connectivity index (χ2v) is 8.82. The number of carbonyl (C=O) groups is 1. The standard InChI is InChI=1S/C23H23BrClN3O2/c1-30-17-7-9-20(24)19(13-17)23(29)28-16-5-3-15(4-6-16)27-21-10-11-26-22-12-14(25)2-8-18(21)22/h2,7-13,15-16H,3-6H2,1H3,(H,26,27)(H,28,29)/t15-,16+. The number of methoxy groups -OCH3 is 1. The molecule has 1 heterocycles. The minimum absolute atomic E-state index is 0.0748. The van der Waals surface area contributed by atoms with E-state index in [1.54, 1.807) is 19.4 Å². The minimum Gasteiger partial charge on any atom is -0.497 e. The highest BCUT2D eigenvalue weighted by molar-refractivity contribution is 9.10. The molecular formula is C23H23BrClN3O2. The molecule has 1 aliphatic carbocycles. The number of nitrogens with zero attached hydrogens (tertiary/aromatic N) is 1. The predicted molar refractivity (Wildman–Crippen MR) is 125 cm³/mol. The van der Waals surface area contributed by atoms with Crippen molar-refractivity contribution in [3.05, 3.63) is 63.7 Å². The summed E-state index contributed by atoms with van der Waals surface area (Å²) in [6.07, 6.45) is 5.64. The van der Waals surface area contributed by atoms with Crippen molar-refractivity contribution in [1.29, 1.82) is 0 Å². The molecule has 1 saturated carbocycles. The average molecular weight is 489 g/mol. The number of pyridine rings is 1. The Bertz CT molecular complexity index is 1070. The molecular weight excluding hydrogens is 466 g/mol. The van der Waals surface area contributed by atoms with E-state index in [1.165, 1.54) is 0 Å². The number of fused-ring (bicyclic) bond motifs is 1. The van der Waals surface area contributed by atoms with Crippen LogP contribution in [0.25, 0.3) is 10.9 Å². The fourth-order valence-electron chi connectivity index (χ4n) is 3.92. The number of rotatable bonds is 5. The van der Waals surface area contributed by atoms with Gasteiger partial charge in [0.25, 0.3) is 5.91 Å². The van der Waals surface area contributed by atoms with Crippen LogP contribution in [0.4, 0.5) is 5.69 Å². The molecule has 1 fully saturated rings. The number of halogens is 2. The van der Waals surface area contributed by atoms with Gasteiger partial charge in [-0.25, -0.2) is 0 Å². The predicted octanol–water partition coefficient (Wildman–Crippen LogP) is 5.81. The van der Waals surface area contributed by atoms with Crippen molar-refractivity contribution in [3.8, 4) is 5.75 Å². The largest absolute Gasteiger partial charge is 0.497 e. The molecule has 0 aliphatic heterocycles. The van der Waals surface area contributed by atoms with E-state index in [0.717, 1.165) is 46.7 Å². The highest BCUT2D eigenvalue weighted by Crippen LogP contribution is 2.29. The van der Waals surface area contributed by atoms with Gasteiger partial charge >= 0.3 is 0 Å². The third-order valence-electron chi connectivity index (χ3n) is 5.54. The monoisotopic (exact) mass is 487 g/mol. The Kier molecular flexibility index (Phi) is 6.44. The second-order valence-electron chi connectivity index (χ2n) is 7.53. The van der Waals surface area contributed by atoms with Crippen LogP contribution in [-0.2, 0) is 0 Å². The van der Waals surface area contributed by atoms with Gasteiger partial charge < -0.3 is 15.4 Å². The van der Waals surface area contributed by atoms with Crippen LogP contribution in [0.5, 0.6) is 5.75 Å². The number of amides is 1. The fraction of sp³-hybridized carbons (Fsp3) is 0.304. The molecule has 1 aromatic heterocycles. The van der Waals surface area contributed by atoms with Crippen LogP contribution in [-0.4, -0.2) is 30.1 Å². The van der Waals surface area contributed by atoms with Gasteiger partial charge in [0.1, 0.15) is 5.75 Å². The molecule has 0 spiro atoms. The third-order valence-corrected chi connectivity index (χ3v) is 6.47. The normalized spacial score (nSPS) is 18.8. The fourth-order valence-corrected chi connectivity index (χ4v) is 4.51. The third kappa shape index (κ3) is 4.71. The van der Waals surface area contributed by atoms with E-state index in [0.29, 0.717) is 22.4 Å². The number of carbonyl (C=O) groups excluding carboxylic acids is 1. The van der Waals surface area contributed by atoms with Crippen molar-refractivity contribution in [2.45, 2.75) is 37.8 Å². The van der Waals surface area contributed by atoms with Gasteiger partial charge in [-0.2, -0.15) is 0 Å². The molecule has 0 radical (unpaired) electrons. The van der Waals surface area contributed by atoms with E-state index in [4.69, 9.17) is 16.3 Å². The number of anilines is 1. The summed E-state index contributed by atoms with van der Waals surface area (Å²) in [7, 11) is 1.60. The zero-order valence-corrected chi connectivity index (χ0v) is 19.0. The van der Waals surface area contributed by atoms with Crippen LogP contribution in [0.15, 0.2) is 53.1 Å². The van der Waals surface area contributed by atoms with Crippen LogP contribution in [0, 0.1) is 0 Å².